The zero-order chi connectivity index (χ0) is 15.6. The standard InChI is InChI=1S/C19H26N2O/c1-16-8-10-17(11-9-16)15-22-19-7-4-3-6-18(19)14-21-13-5-12-20-2/h3-4,6-11,20-21H,5,12-15H2,1-2H3. The molecule has 0 radical (unpaired) electrons. The Morgan fingerprint density at radius 3 is 2.50 bits per heavy atom. The molecule has 0 heterocycles. The van der Waals surface area contributed by atoms with E-state index in [4.69, 9.17) is 4.74 Å². The Labute approximate surface area is 133 Å². The summed E-state index contributed by atoms with van der Waals surface area (Å²) in [4.78, 5) is 0. The van der Waals surface area contributed by atoms with Crippen molar-refractivity contribution in [3.63, 3.8) is 0 Å². The molecule has 0 unspecified atom stereocenters. The van der Waals surface area contributed by atoms with E-state index in [0.29, 0.717) is 6.61 Å². The van der Waals surface area contributed by atoms with Crippen molar-refractivity contribution in [1.29, 1.82) is 0 Å². The van der Waals surface area contributed by atoms with Crippen LogP contribution in [0.4, 0.5) is 0 Å². The molecule has 22 heavy (non-hydrogen) atoms. The van der Waals surface area contributed by atoms with E-state index in [1.54, 1.807) is 0 Å². The SMILES string of the molecule is CNCCCNCc1ccccc1OCc1ccc(C)cc1. The van der Waals surface area contributed by atoms with Gasteiger partial charge in [0.05, 0.1) is 0 Å². The third-order valence-electron chi connectivity index (χ3n) is 3.58. The maximum atomic E-state index is 5.99. The van der Waals surface area contributed by atoms with Crippen molar-refractivity contribution in [3.05, 3.63) is 65.2 Å². The number of benzene rings is 2. The molecule has 0 bridgehead atoms. The van der Waals surface area contributed by atoms with Gasteiger partial charge in [-0.1, -0.05) is 48.0 Å². The summed E-state index contributed by atoms with van der Waals surface area (Å²) in [7, 11) is 1.98. The molecular weight excluding hydrogens is 272 g/mol. The maximum absolute atomic E-state index is 5.99. The van der Waals surface area contributed by atoms with Gasteiger partial charge in [-0.3, -0.25) is 0 Å². The highest BCUT2D eigenvalue weighted by Crippen LogP contribution is 2.19. The third kappa shape index (κ3) is 5.51. The van der Waals surface area contributed by atoms with Gasteiger partial charge in [-0.2, -0.15) is 0 Å². The Balaban J connectivity index is 1.86. The summed E-state index contributed by atoms with van der Waals surface area (Å²) in [6.45, 7) is 5.59. The van der Waals surface area contributed by atoms with E-state index in [2.05, 4.69) is 54.0 Å². The summed E-state index contributed by atoms with van der Waals surface area (Å²) in [5, 5.41) is 6.62. The Bertz CT molecular complexity index is 552. The van der Waals surface area contributed by atoms with Crippen molar-refractivity contribution in [2.75, 3.05) is 20.1 Å². The molecule has 0 aromatic heterocycles. The molecule has 3 heteroatoms. The minimum atomic E-state index is 0.608. The normalized spacial score (nSPS) is 10.6. The van der Waals surface area contributed by atoms with E-state index in [1.807, 2.05) is 19.2 Å². The van der Waals surface area contributed by atoms with Crippen molar-refractivity contribution in [2.24, 2.45) is 0 Å². The van der Waals surface area contributed by atoms with Crippen LogP contribution in [-0.2, 0) is 13.2 Å². The number of rotatable bonds is 9. The molecule has 0 aliphatic carbocycles. The summed E-state index contributed by atoms with van der Waals surface area (Å²) >= 11 is 0. The first-order valence-corrected chi connectivity index (χ1v) is 7.91. The zero-order valence-corrected chi connectivity index (χ0v) is 13.6. The van der Waals surface area contributed by atoms with Crippen molar-refractivity contribution in [3.8, 4) is 5.75 Å². The fraction of sp³-hybridized carbons (Fsp3) is 0.368. The highest BCUT2D eigenvalue weighted by molar-refractivity contribution is 5.33. The average molecular weight is 298 g/mol. The fourth-order valence-corrected chi connectivity index (χ4v) is 2.25. The third-order valence-corrected chi connectivity index (χ3v) is 3.58. The lowest BCUT2D eigenvalue weighted by molar-refractivity contribution is 0.302. The first-order chi connectivity index (χ1) is 10.8. The Morgan fingerprint density at radius 1 is 0.955 bits per heavy atom. The highest BCUT2D eigenvalue weighted by atomic mass is 16.5. The first-order valence-electron chi connectivity index (χ1n) is 7.91. The van der Waals surface area contributed by atoms with E-state index in [1.165, 1.54) is 16.7 Å². The minimum Gasteiger partial charge on any atom is -0.489 e. The number of para-hydroxylation sites is 1. The van der Waals surface area contributed by atoms with Crippen molar-refractivity contribution >= 4 is 0 Å². The Morgan fingerprint density at radius 2 is 1.73 bits per heavy atom. The van der Waals surface area contributed by atoms with Crippen molar-refractivity contribution in [1.82, 2.24) is 10.6 Å². The lowest BCUT2D eigenvalue weighted by Gasteiger charge is -2.12. The minimum absolute atomic E-state index is 0.608. The molecule has 0 amide bonds. The molecule has 0 atom stereocenters. The second-order valence-corrected chi connectivity index (χ2v) is 5.52. The molecule has 0 saturated carbocycles. The van der Waals surface area contributed by atoms with Gasteiger partial charge >= 0.3 is 0 Å². The van der Waals surface area contributed by atoms with Crippen LogP contribution >= 0.6 is 0 Å². The predicted octanol–water partition coefficient (Wildman–Crippen LogP) is 3.27. The molecule has 118 valence electrons. The van der Waals surface area contributed by atoms with E-state index in [0.717, 1.165) is 31.8 Å². The number of nitrogens with one attached hydrogen (secondary N) is 2. The van der Waals surface area contributed by atoms with Gasteiger partial charge in [0.2, 0.25) is 0 Å². The molecule has 0 saturated heterocycles. The maximum Gasteiger partial charge on any atom is 0.124 e. The van der Waals surface area contributed by atoms with Gasteiger partial charge in [-0.15, -0.1) is 0 Å². The van der Waals surface area contributed by atoms with Crippen LogP contribution < -0.4 is 15.4 Å². The van der Waals surface area contributed by atoms with Gasteiger partial charge < -0.3 is 15.4 Å². The molecule has 0 fully saturated rings. The van der Waals surface area contributed by atoms with Crippen LogP contribution in [0, 0.1) is 6.92 Å². The van der Waals surface area contributed by atoms with Gasteiger partial charge in [-0.25, -0.2) is 0 Å². The average Bonchev–Trinajstić information content (AvgIpc) is 2.55. The van der Waals surface area contributed by atoms with Gasteiger partial charge in [0.25, 0.3) is 0 Å². The molecule has 0 aliphatic heterocycles. The Hall–Kier alpha value is -1.84. The molecule has 0 spiro atoms. The molecule has 2 N–H and O–H groups in total. The summed E-state index contributed by atoms with van der Waals surface area (Å²) < 4.78 is 5.99. The van der Waals surface area contributed by atoms with E-state index in [9.17, 15) is 0 Å². The molecule has 2 aromatic rings. The summed E-state index contributed by atoms with van der Waals surface area (Å²) in [6.07, 6.45) is 1.13. The number of ether oxygens (including phenoxy) is 1. The van der Waals surface area contributed by atoms with Gasteiger partial charge in [0.1, 0.15) is 12.4 Å². The van der Waals surface area contributed by atoms with Crippen LogP contribution in [0.25, 0.3) is 0 Å². The monoisotopic (exact) mass is 298 g/mol. The number of hydrogen-bond donors (Lipinski definition) is 2. The van der Waals surface area contributed by atoms with Gasteiger partial charge in [-0.05, 0) is 45.1 Å². The van der Waals surface area contributed by atoms with Crippen LogP contribution in [0.15, 0.2) is 48.5 Å². The largest absolute Gasteiger partial charge is 0.489 e. The topological polar surface area (TPSA) is 33.3 Å². The van der Waals surface area contributed by atoms with Crippen LogP contribution in [0.2, 0.25) is 0 Å². The highest BCUT2D eigenvalue weighted by Gasteiger charge is 2.03. The van der Waals surface area contributed by atoms with Crippen LogP contribution in [-0.4, -0.2) is 20.1 Å². The Kier molecular flexibility index (Phi) is 6.94. The number of hydrogen-bond acceptors (Lipinski definition) is 3. The second kappa shape index (κ2) is 9.23. The molecule has 2 rings (SSSR count). The second-order valence-electron chi connectivity index (χ2n) is 5.52. The van der Waals surface area contributed by atoms with E-state index >= 15 is 0 Å². The molecular formula is C19H26N2O. The molecule has 0 aliphatic rings. The van der Waals surface area contributed by atoms with Crippen molar-refractivity contribution < 1.29 is 4.74 Å². The summed E-state index contributed by atoms with van der Waals surface area (Å²) in [6, 6.07) is 16.7. The van der Waals surface area contributed by atoms with Crippen LogP contribution in [0.1, 0.15) is 23.1 Å². The lowest BCUT2D eigenvalue weighted by Crippen LogP contribution is -2.19. The smallest absolute Gasteiger partial charge is 0.124 e. The summed E-state index contributed by atoms with van der Waals surface area (Å²) in [5.41, 5.74) is 3.68. The fourth-order valence-electron chi connectivity index (χ4n) is 2.25. The number of aryl methyl sites for hydroxylation is 1. The van der Waals surface area contributed by atoms with Crippen molar-refractivity contribution in [2.45, 2.75) is 26.5 Å². The van der Waals surface area contributed by atoms with E-state index < -0.39 is 0 Å². The van der Waals surface area contributed by atoms with Crippen LogP contribution in [0.3, 0.4) is 0 Å². The first kappa shape index (κ1) is 16.5. The van der Waals surface area contributed by atoms with Gasteiger partial charge in [0, 0.05) is 12.1 Å². The molecule has 2 aromatic carbocycles. The quantitative estimate of drug-likeness (QED) is 0.697. The van der Waals surface area contributed by atoms with E-state index in [-0.39, 0.29) is 0 Å². The van der Waals surface area contributed by atoms with Crippen LogP contribution in [0.5, 0.6) is 5.75 Å². The summed E-state index contributed by atoms with van der Waals surface area (Å²) in [5.74, 6) is 0.962. The molecule has 3 nitrogen and oxygen atoms in total. The zero-order valence-electron chi connectivity index (χ0n) is 13.6. The lowest BCUT2D eigenvalue weighted by atomic mass is 10.1. The van der Waals surface area contributed by atoms with Gasteiger partial charge in [0.15, 0.2) is 0 Å². The predicted molar refractivity (Wildman–Crippen MR) is 92.2 cm³/mol.